The maximum absolute atomic E-state index is 13.5. The molecule has 0 unspecified atom stereocenters. The molecule has 4 amide bonds. The molecule has 0 saturated heterocycles. The Kier molecular flexibility index (Phi) is 14.6. The highest BCUT2D eigenvalue weighted by Crippen LogP contribution is 2.35. The van der Waals surface area contributed by atoms with Crippen LogP contribution in [0, 0.1) is 0 Å². The van der Waals surface area contributed by atoms with E-state index in [-0.39, 0.29) is 26.4 Å². The van der Waals surface area contributed by atoms with Crippen LogP contribution in [0.2, 0.25) is 0 Å². The van der Waals surface area contributed by atoms with Crippen molar-refractivity contribution in [2.24, 2.45) is 0 Å². The fraction of sp³-hybridized carbons (Fsp3) is 0.351. The highest BCUT2D eigenvalue weighted by atomic mass is 32.1. The van der Waals surface area contributed by atoms with Crippen molar-refractivity contribution in [3.63, 3.8) is 0 Å². The zero-order valence-electron chi connectivity index (χ0n) is 28.7. The highest BCUT2D eigenvalue weighted by Gasteiger charge is 2.25. The molecule has 2 aromatic heterocycles. The minimum Gasteiger partial charge on any atom is -0.469 e. The van der Waals surface area contributed by atoms with Crippen molar-refractivity contribution in [1.29, 1.82) is 0 Å². The molecule has 52 heavy (non-hydrogen) atoms. The molecule has 0 radical (unpaired) electrons. The van der Waals surface area contributed by atoms with Gasteiger partial charge in [0.05, 0.1) is 38.7 Å². The van der Waals surface area contributed by atoms with Gasteiger partial charge in [0.1, 0.15) is 13.2 Å². The van der Waals surface area contributed by atoms with Gasteiger partial charge in [0, 0.05) is 16.3 Å². The number of thiophene rings is 2. The van der Waals surface area contributed by atoms with E-state index in [0.717, 1.165) is 15.3 Å². The summed E-state index contributed by atoms with van der Waals surface area (Å²) in [4.78, 5) is 55.1. The van der Waals surface area contributed by atoms with Gasteiger partial charge in [0.2, 0.25) is 6.79 Å². The fourth-order valence-corrected chi connectivity index (χ4v) is 6.76. The molecule has 0 spiro atoms. The third-order valence-corrected chi connectivity index (χ3v) is 9.74. The number of benzene rings is 2. The first-order chi connectivity index (χ1) is 25.4. The summed E-state index contributed by atoms with van der Waals surface area (Å²) in [7, 11) is 1.28. The monoisotopic (exact) mass is 750 g/mol. The first-order valence-electron chi connectivity index (χ1n) is 16.8. The van der Waals surface area contributed by atoms with E-state index in [2.05, 4.69) is 16.0 Å². The van der Waals surface area contributed by atoms with Crippen LogP contribution in [0.4, 0.5) is 14.4 Å². The normalized spacial score (nSPS) is 12.6. The van der Waals surface area contributed by atoms with Crippen molar-refractivity contribution in [3.05, 3.63) is 104 Å². The molecule has 0 saturated carbocycles. The molecule has 0 bridgehead atoms. The molecule has 5 rings (SSSR count). The second kappa shape index (κ2) is 19.9. The predicted octanol–water partition coefficient (Wildman–Crippen LogP) is 6.75. The molecule has 15 heteroatoms. The van der Waals surface area contributed by atoms with Gasteiger partial charge < -0.3 is 39.6 Å². The number of hydrogen-bond acceptors (Lipinski definition) is 11. The molecule has 2 aromatic carbocycles. The summed E-state index contributed by atoms with van der Waals surface area (Å²) in [6.07, 6.45) is 0.436. The standard InChI is InChI=1S/C37H42N4O9S2/c1-46-34(42)20-31(27-14-15-32-33(19-27)50-25-49-32)40-35(43)39-28(11-5-6-16-38-36(44)47-23-26-9-3-2-4-10-26)24-48-37(45)41(21-29-12-7-17-51-29)22-30-13-8-18-52-30/h2-4,7-10,12-15,17-19,28,31H,5-6,11,16,20-25H2,1H3,(H,38,44)(H2,39,40,43)/t28-,31-/m0/s1. The van der Waals surface area contributed by atoms with Crippen molar-refractivity contribution in [3.8, 4) is 11.5 Å². The van der Waals surface area contributed by atoms with Crippen LogP contribution < -0.4 is 25.4 Å². The SMILES string of the molecule is COC(=O)C[C@H](NC(=O)N[C@@H](CCCCNC(=O)OCc1ccccc1)COC(=O)N(Cc1cccs1)Cc1cccs1)c1ccc2c(c1)OCO2. The number of ether oxygens (including phenoxy) is 5. The number of esters is 1. The number of carbonyl (C=O) groups is 4. The van der Waals surface area contributed by atoms with Gasteiger partial charge in [-0.25, -0.2) is 14.4 Å². The lowest BCUT2D eigenvalue weighted by Crippen LogP contribution is -2.46. The molecule has 1 aliphatic heterocycles. The zero-order valence-corrected chi connectivity index (χ0v) is 30.4. The van der Waals surface area contributed by atoms with Gasteiger partial charge in [-0.2, -0.15) is 0 Å². The first kappa shape index (κ1) is 38.0. The molecule has 1 aliphatic rings. The number of methoxy groups -OCH3 is 1. The van der Waals surface area contributed by atoms with E-state index in [1.165, 1.54) is 7.11 Å². The number of rotatable bonds is 18. The molecular formula is C37H42N4O9S2. The number of hydrogen-bond donors (Lipinski definition) is 3. The largest absolute Gasteiger partial charge is 0.469 e. The van der Waals surface area contributed by atoms with Crippen LogP contribution in [0.5, 0.6) is 11.5 Å². The Morgan fingerprint density at radius 1 is 0.846 bits per heavy atom. The van der Waals surface area contributed by atoms with Gasteiger partial charge in [-0.3, -0.25) is 9.69 Å². The fourth-order valence-electron chi connectivity index (χ4n) is 5.32. The second-order valence-corrected chi connectivity index (χ2v) is 13.9. The highest BCUT2D eigenvalue weighted by molar-refractivity contribution is 7.10. The number of unbranched alkanes of at least 4 members (excludes halogenated alkanes) is 1. The van der Waals surface area contributed by atoms with Crippen molar-refractivity contribution < 1.29 is 42.9 Å². The minimum atomic E-state index is -0.747. The lowest BCUT2D eigenvalue weighted by molar-refractivity contribution is -0.141. The number of alkyl carbamates (subject to hydrolysis) is 1. The van der Waals surface area contributed by atoms with Gasteiger partial charge in [-0.05, 0) is 65.4 Å². The molecule has 13 nitrogen and oxygen atoms in total. The van der Waals surface area contributed by atoms with Crippen LogP contribution in [0.15, 0.2) is 83.6 Å². The van der Waals surface area contributed by atoms with E-state index in [9.17, 15) is 19.2 Å². The molecule has 0 fully saturated rings. The average molecular weight is 751 g/mol. The summed E-state index contributed by atoms with van der Waals surface area (Å²) in [5.74, 6) is 0.560. The van der Waals surface area contributed by atoms with Crippen LogP contribution in [0.3, 0.4) is 0 Å². The molecule has 276 valence electrons. The maximum Gasteiger partial charge on any atom is 0.410 e. The number of urea groups is 1. The summed E-state index contributed by atoms with van der Waals surface area (Å²) in [6, 6.07) is 20.5. The minimum absolute atomic E-state index is 0.0806. The molecule has 3 N–H and O–H groups in total. The predicted molar refractivity (Wildman–Crippen MR) is 195 cm³/mol. The summed E-state index contributed by atoms with van der Waals surface area (Å²) in [5.41, 5.74) is 1.51. The van der Waals surface area contributed by atoms with Gasteiger partial charge >= 0.3 is 24.2 Å². The van der Waals surface area contributed by atoms with Crippen LogP contribution in [-0.4, -0.2) is 62.2 Å². The van der Waals surface area contributed by atoms with E-state index in [1.807, 2.05) is 65.4 Å². The Balaban J connectivity index is 1.19. The third kappa shape index (κ3) is 12.2. The zero-order chi connectivity index (χ0) is 36.5. The average Bonchev–Trinajstić information content (AvgIpc) is 3.96. The summed E-state index contributed by atoms with van der Waals surface area (Å²) in [6.45, 7) is 1.26. The van der Waals surface area contributed by atoms with Crippen LogP contribution >= 0.6 is 22.7 Å². The summed E-state index contributed by atoms with van der Waals surface area (Å²) >= 11 is 3.10. The third-order valence-electron chi connectivity index (χ3n) is 8.02. The van der Waals surface area contributed by atoms with E-state index in [0.29, 0.717) is 56.0 Å². The van der Waals surface area contributed by atoms with Gasteiger partial charge in [-0.1, -0.05) is 48.5 Å². The topological polar surface area (TPSA) is 154 Å². The Morgan fingerprint density at radius 3 is 2.27 bits per heavy atom. The Morgan fingerprint density at radius 2 is 1.58 bits per heavy atom. The molecular weight excluding hydrogens is 709 g/mol. The Bertz CT molecular complexity index is 1690. The number of carbonyl (C=O) groups excluding carboxylic acids is 4. The number of amides is 4. The lowest BCUT2D eigenvalue weighted by Gasteiger charge is -2.25. The quantitative estimate of drug-likeness (QED) is 0.0570. The van der Waals surface area contributed by atoms with Gasteiger partial charge in [-0.15, -0.1) is 22.7 Å². The maximum atomic E-state index is 13.5. The molecule has 0 aliphatic carbocycles. The van der Waals surface area contributed by atoms with E-state index >= 15 is 0 Å². The van der Waals surface area contributed by atoms with E-state index in [4.69, 9.17) is 23.7 Å². The Labute approximate surface area is 310 Å². The van der Waals surface area contributed by atoms with Crippen LogP contribution in [-0.2, 0) is 38.7 Å². The van der Waals surface area contributed by atoms with Gasteiger partial charge in [0.25, 0.3) is 0 Å². The summed E-state index contributed by atoms with van der Waals surface area (Å²) in [5, 5.41) is 12.4. The molecule has 2 atom stereocenters. The first-order valence-corrected chi connectivity index (χ1v) is 18.6. The Hall–Kier alpha value is -5.28. The molecule has 4 aromatic rings. The van der Waals surface area contributed by atoms with Gasteiger partial charge in [0.15, 0.2) is 11.5 Å². The van der Waals surface area contributed by atoms with E-state index in [1.54, 1.807) is 45.8 Å². The number of fused-ring (bicyclic) bond motifs is 1. The van der Waals surface area contributed by atoms with E-state index < -0.39 is 36.3 Å². The van der Waals surface area contributed by atoms with Crippen molar-refractivity contribution >= 4 is 46.9 Å². The van der Waals surface area contributed by atoms with Crippen molar-refractivity contribution in [2.75, 3.05) is 27.1 Å². The number of nitrogens with zero attached hydrogens (tertiary/aromatic N) is 1. The van der Waals surface area contributed by atoms with Crippen LogP contribution in [0.1, 0.15) is 52.6 Å². The molecule has 3 heterocycles. The smallest absolute Gasteiger partial charge is 0.410 e. The lowest BCUT2D eigenvalue weighted by atomic mass is 10.0. The van der Waals surface area contributed by atoms with Crippen molar-refractivity contribution in [2.45, 2.75) is 57.5 Å². The second-order valence-electron chi connectivity index (χ2n) is 11.8. The van der Waals surface area contributed by atoms with Crippen molar-refractivity contribution in [1.82, 2.24) is 20.9 Å². The van der Waals surface area contributed by atoms with Crippen LogP contribution in [0.25, 0.3) is 0 Å². The number of nitrogens with one attached hydrogen (secondary N) is 3. The summed E-state index contributed by atoms with van der Waals surface area (Å²) < 4.78 is 26.9.